The van der Waals surface area contributed by atoms with E-state index in [0.29, 0.717) is 6.67 Å². The van der Waals surface area contributed by atoms with Gasteiger partial charge in [0.2, 0.25) is 0 Å². The van der Waals surface area contributed by atoms with Crippen molar-refractivity contribution in [2.45, 2.75) is 6.67 Å². The van der Waals surface area contributed by atoms with Crippen molar-refractivity contribution in [1.82, 2.24) is 19.6 Å². The zero-order valence-corrected chi connectivity index (χ0v) is 14.1. The fourth-order valence-electron chi connectivity index (χ4n) is 2.05. The van der Waals surface area contributed by atoms with Crippen LogP contribution in [0.1, 0.15) is 10.5 Å². The van der Waals surface area contributed by atoms with E-state index in [2.05, 4.69) is 31.4 Å². The molecule has 1 amide bonds. The van der Waals surface area contributed by atoms with E-state index in [-0.39, 0.29) is 17.1 Å². The average molecular weight is 407 g/mol. The number of aromatic nitrogens is 4. The van der Waals surface area contributed by atoms with Gasteiger partial charge in [0.15, 0.2) is 5.69 Å². The molecule has 11 heteroatoms. The first-order valence-corrected chi connectivity index (χ1v) is 7.72. The lowest BCUT2D eigenvalue weighted by atomic mass is 10.2. The lowest BCUT2D eigenvalue weighted by molar-refractivity contribution is -0.384. The van der Waals surface area contributed by atoms with Crippen molar-refractivity contribution < 1.29 is 14.8 Å². The summed E-state index contributed by atoms with van der Waals surface area (Å²) in [6.07, 6.45) is 5.00. The van der Waals surface area contributed by atoms with Crippen molar-refractivity contribution in [2.75, 3.05) is 5.32 Å². The fraction of sp³-hybridized carbons (Fsp3) is 0.0714. The number of nitro benzene ring substituents is 1. The molecule has 3 rings (SSSR count). The summed E-state index contributed by atoms with van der Waals surface area (Å²) in [5.41, 5.74) is -0.0877. The Hall–Kier alpha value is -3.21. The van der Waals surface area contributed by atoms with Gasteiger partial charge in [-0.15, -0.1) is 0 Å². The van der Waals surface area contributed by atoms with E-state index in [4.69, 9.17) is 0 Å². The summed E-state index contributed by atoms with van der Waals surface area (Å²) < 4.78 is 3.97. The second-order valence-corrected chi connectivity index (χ2v) is 5.91. The smallest absolute Gasteiger partial charge is 0.276 e. The highest BCUT2D eigenvalue weighted by atomic mass is 79.9. The van der Waals surface area contributed by atoms with Crippen molar-refractivity contribution in [3.05, 3.63) is 63.1 Å². The number of hydrogen-bond donors (Lipinski definition) is 2. The Morgan fingerprint density at radius 2 is 2.16 bits per heavy atom. The van der Waals surface area contributed by atoms with Gasteiger partial charge < -0.3 is 10.4 Å². The SMILES string of the molecule is O=C(Nc1ccc([N+](=O)[O-])cc1O)c1ccn(Cn2cc(Br)cn2)n1. The predicted octanol–water partition coefficient (Wildman–Crippen LogP) is 2.21. The van der Waals surface area contributed by atoms with Crippen LogP contribution in [0.15, 0.2) is 47.3 Å². The van der Waals surface area contributed by atoms with E-state index in [1.807, 2.05) is 0 Å². The Kier molecular flexibility index (Phi) is 4.48. The van der Waals surface area contributed by atoms with Gasteiger partial charge in [-0.25, -0.2) is 4.68 Å². The molecule has 1 aromatic carbocycles. The van der Waals surface area contributed by atoms with Gasteiger partial charge in [0.1, 0.15) is 12.4 Å². The molecule has 0 fully saturated rings. The number of rotatable bonds is 5. The second kappa shape index (κ2) is 6.73. The van der Waals surface area contributed by atoms with Gasteiger partial charge >= 0.3 is 0 Å². The molecule has 2 heterocycles. The monoisotopic (exact) mass is 406 g/mol. The molecular weight excluding hydrogens is 396 g/mol. The number of aromatic hydroxyl groups is 1. The first-order valence-electron chi connectivity index (χ1n) is 6.92. The molecule has 0 saturated carbocycles. The van der Waals surface area contributed by atoms with E-state index >= 15 is 0 Å². The van der Waals surface area contributed by atoms with Crippen LogP contribution >= 0.6 is 15.9 Å². The van der Waals surface area contributed by atoms with E-state index in [1.54, 1.807) is 23.3 Å². The quantitative estimate of drug-likeness (QED) is 0.379. The molecule has 128 valence electrons. The molecule has 0 spiro atoms. The Bertz CT molecular complexity index is 950. The summed E-state index contributed by atoms with van der Waals surface area (Å²) >= 11 is 3.29. The van der Waals surface area contributed by atoms with Crippen LogP contribution in [0.3, 0.4) is 0 Å². The number of nitro groups is 1. The van der Waals surface area contributed by atoms with Gasteiger partial charge in [0, 0.05) is 18.5 Å². The molecule has 0 aliphatic rings. The molecule has 10 nitrogen and oxygen atoms in total. The number of anilines is 1. The molecule has 25 heavy (non-hydrogen) atoms. The topological polar surface area (TPSA) is 128 Å². The van der Waals surface area contributed by atoms with Crippen LogP contribution in [0.25, 0.3) is 0 Å². The molecule has 0 radical (unpaired) electrons. The van der Waals surface area contributed by atoms with Gasteiger partial charge in [-0.1, -0.05) is 0 Å². The van der Waals surface area contributed by atoms with Crippen molar-refractivity contribution >= 4 is 33.2 Å². The number of hydrogen-bond acceptors (Lipinski definition) is 6. The minimum absolute atomic E-state index is 0.0566. The van der Waals surface area contributed by atoms with Crippen molar-refractivity contribution in [3.8, 4) is 5.75 Å². The van der Waals surface area contributed by atoms with Crippen molar-refractivity contribution in [3.63, 3.8) is 0 Å². The van der Waals surface area contributed by atoms with Gasteiger partial charge in [0.25, 0.3) is 11.6 Å². The number of carbonyl (C=O) groups is 1. The number of non-ortho nitro benzene ring substituents is 1. The third-order valence-electron chi connectivity index (χ3n) is 3.21. The number of phenols is 1. The van der Waals surface area contributed by atoms with Crippen LogP contribution < -0.4 is 5.32 Å². The van der Waals surface area contributed by atoms with Gasteiger partial charge in [-0.05, 0) is 28.1 Å². The maximum Gasteiger partial charge on any atom is 0.276 e. The highest BCUT2D eigenvalue weighted by Gasteiger charge is 2.15. The predicted molar refractivity (Wildman–Crippen MR) is 90.3 cm³/mol. The van der Waals surface area contributed by atoms with Gasteiger partial charge in [-0.2, -0.15) is 10.2 Å². The molecule has 3 aromatic rings. The molecule has 2 aromatic heterocycles. The number of amides is 1. The van der Waals surface area contributed by atoms with Gasteiger partial charge in [-0.3, -0.25) is 19.6 Å². The standard InChI is InChI=1S/C14H11BrN6O4/c15-9-6-16-20(7-9)8-19-4-3-12(18-19)14(23)17-11-2-1-10(21(24)25)5-13(11)22/h1-7,22H,8H2,(H,17,23). The summed E-state index contributed by atoms with van der Waals surface area (Å²) in [6.45, 7) is 0.321. The van der Waals surface area contributed by atoms with Crippen molar-refractivity contribution in [2.24, 2.45) is 0 Å². The lowest BCUT2D eigenvalue weighted by Crippen LogP contribution is -2.15. The molecule has 2 N–H and O–H groups in total. The van der Waals surface area contributed by atoms with Crippen LogP contribution in [0.5, 0.6) is 5.75 Å². The number of nitrogens with one attached hydrogen (secondary N) is 1. The third kappa shape index (κ3) is 3.83. The number of carbonyl (C=O) groups excluding carboxylic acids is 1. The van der Waals surface area contributed by atoms with Crippen LogP contribution in [0.2, 0.25) is 0 Å². The zero-order valence-electron chi connectivity index (χ0n) is 12.5. The third-order valence-corrected chi connectivity index (χ3v) is 3.61. The lowest BCUT2D eigenvalue weighted by Gasteiger charge is -2.05. The summed E-state index contributed by atoms with van der Waals surface area (Å²) in [7, 11) is 0. The molecule has 0 saturated heterocycles. The van der Waals surface area contributed by atoms with Crippen LogP contribution in [-0.4, -0.2) is 35.5 Å². The number of nitrogens with zero attached hydrogens (tertiary/aromatic N) is 5. The normalized spacial score (nSPS) is 10.6. The van der Waals surface area contributed by atoms with Gasteiger partial charge in [0.05, 0.1) is 27.3 Å². The Morgan fingerprint density at radius 1 is 1.36 bits per heavy atom. The maximum absolute atomic E-state index is 12.2. The first-order chi connectivity index (χ1) is 11.9. The Labute approximate surface area is 149 Å². The minimum atomic E-state index is -0.638. The van der Waals surface area contributed by atoms with E-state index in [9.17, 15) is 20.0 Å². The summed E-state index contributed by atoms with van der Waals surface area (Å²) in [5, 5.41) is 31.1. The zero-order chi connectivity index (χ0) is 18.0. The second-order valence-electron chi connectivity index (χ2n) is 4.99. The fourth-order valence-corrected chi connectivity index (χ4v) is 2.38. The highest BCUT2D eigenvalue weighted by molar-refractivity contribution is 9.10. The Morgan fingerprint density at radius 3 is 2.80 bits per heavy atom. The van der Waals surface area contributed by atoms with Crippen LogP contribution in [-0.2, 0) is 6.67 Å². The number of benzene rings is 1. The maximum atomic E-state index is 12.2. The average Bonchev–Trinajstić information content (AvgIpc) is 3.18. The molecular formula is C14H11BrN6O4. The van der Waals surface area contributed by atoms with Crippen LogP contribution in [0.4, 0.5) is 11.4 Å². The Balaban J connectivity index is 1.70. The summed E-state index contributed by atoms with van der Waals surface area (Å²) in [5.74, 6) is -0.951. The molecule has 0 bridgehead atoms. The van der Waals surface area contributed by atoms with Crippen LogP contribution in [0, 0.1) is 10.1 Å². The highest BCUT2D eigenvalue weighted by Crippen LogP contribution is 2.28. The number of halogens is 1. The largest absolute Gasteiger partial charge is 0.506 e. The molecule has 0 aliphatic carbocycles. The minimum Gasteiger partial charge on any atom is -0.506 e. The van der Waals surface area contributed by atoms with Crippen molar-refractivity contribution in [1.29, 1.82) is 0 Å². The molecule has 0 atom stereocenters. The first kappa shape index (κ1) is 16.6. The summed E-state index contributed by atoms with van der Waals surface area (Å²) in [6, 6.07) is 4.91. The van der Waals surface area contributed by atoms with E-state index in [1.165, 1.54) is 22.9 Å². The molecule has 0 unspecified atom stereocenters. The number of phenolic OH excluding ortho intramolecular Hbond substituents is 1. The van der Waals surface area contributed by atoms with E-state index in [0.717, 1.165) is 10.5 Å². The molecule has 0 aliphatic heterocycles. The van der Waals surface area contributed by atoms with E-state index < -0.39 is 16.6 Å². The summed E-state index contributed by atoms with van der Waals surface area (Å²) in [4.78, 5) is 22.2.